The molecule has 0 fully saturated rings. The fourth-order valence-corrected chi connectivity index (χ4v) is 2.33. The van der Waals surface area contributed by atoms with Crippen molar-refractivity contribution in [2.45, 2.75) is 33.2 Å². The zero-order chi connectivity index (χ0) is 13.0. The topological polar surface area (TPSA) is 29.1 Å². The highest BCUT2D eigenvalue weighted by Crippen LogP contribution is 2.20. The first-order valence-corrected chi connectivity index (χ1v) is 6.88. The fraction of sp³-hybridized carbons (Fsp3) is 0.462. The number of benzene rings is 1. The van der Waals surface area contributed by atoms with E-state index in [4.69, 9.17) is 11.6 Å². The highest BCUT2D eigenvalue weighted by molar-refractivity contribution is 9.10. The predicted molar refractivity (Wildman–Crippen MR) is 75.5 cm³/mol. The van der Waals surface area contributed by atoms with Crippen molar-refractivity contribution in [3.8, 4) is 0 Å². The summed E-state index contributed by atoms with van der Waals surface area (Å²) in [4.78, 5) is 12.0. The number of carbonyl (C=O) groups excluding carboxylic acids is 1. The minimum atomic E-state index is -0.0824. The lowest BCUT2D eigenvalue weighted by atomic mass is 10.0. The average Bonchev–Trinajstić information content (AvgIpc) is 2.26. The monoisotopic (exact) mass is 317 g/mol. The van der Waals surface area contributed by atoms with Crippen LogP contribution in [0.25, 0.3) is 0 Å². The Morgan fingerprint density at radius 2 is 2.06 bits per heavy atom. The molecular weight excluding hydrogens is 302 g/mol. The number of nitrogens with one attached hydrogen (secondary N) is 1. The predicted octanol–water partition coefficient (Wildman–Crippen LogP) is 4.27. The van der Waals surface area contributed by atoms with Gasteiger partial charge in [0.25, 0.3) is 5.91 Å². The SMILES string of the molecule is CCC(C)C(C)NC(=O)c1cc(Cl)cc(Br)c1. The molecule has 0 saturated carbocycles. The Kier molecular flexibility index (Phi) is 5.47. The molecular formula is C13H17BrClNO. The standard InChI is InChI=1S/C13H17BrClNO/c1-4-8(2)9(3)16-13(17)10-5-11(14)7-12(15)6-10/h5-9H,4H2,1-3H3,(H,16,17). The Labute approximate surface area is 116 Å². The van der Waals surface area contributed by atoms with Crippen LogP contribution in [-0.4, -0.2) is 11.9 Å². The highest BCUT2D eigenvalue weighted by atomic mass is 79.9. The van der Waals surface area contributed by atoms with E-state index in [0.717, 1.165) is 10.9 Å². The van der Waals surface area contributed by atoms with Crippen LogP contribution >= 0.6 is 27.5 Å². The van der Waals surface area contributed by atoms with E-state index >= 15 is 0 Å². The van der Waals surface area contributed by atoms with Crippen LogP contribution in [0.5, 0.6) is 0 Å². The Morgan fingerprint density at radius 1 is 1.41 bits per heavy atom. The lowest BCUT2D eigenvalue weighted by Gasteiger charge is -2.20. The van der Waals surface area contributed by atoms with Gasteiger partial charge in [-0.05, 0) is 31.0 Å². The molecule has 94 valence electrons. The van der Waals surface area contributed by atoms with Crippen LogP contribution in [0.3, 0.4) is 0 Å². The summed E-state index contributed by atoms with van der Waals surface area (Å²) in [5.74, 6) is 0.377. The molecule has 1 rings (SSSR count). The number of hydrogen-bond donors (Lipinski definition) is 1. The van der Waals surface area contributed by atoms with Crippen molar-refractivity contribution >= 4 is 33.4 Å². The van der Waals surface area contributed by atoms with Crippen LogP contribution in [0.2, 0.25) is 5.02 Å². The van der Waals surface area contributed by atoms with Gasteiger partial charge in [-0.2, -0.15) is 0 Å². The minimum absolute atomic E-state index is 0.0824. The van der Waals surface area contributed by atoms with Gasteiger partial charge in [-0.15, -0.1) is 0 Å². The Hall–Kier alpha value is -0.540. The van der Waals surface area contributed by atoms with Gasteiger partial charge in [0.15, 0.2) is 0 Å². The van der Waals surface area contributed by atoms with Gasteiger partial charge >= 0.3 is 0 Å². The smallest absolute Gasteiger partial charge is 0.251 e. The summed E-state index contributed by atoms with van der Waals surface area (Å²) < 4.78 is 0.811. The van der Waals surface area contributed by atoms with Crippen molar-refractivity contribution in [2.75, 3.05) is 0 Å². The third kappa shape index (κ3) is 4.32. The maximum Gasteiger partial charge on any atom is 0.251 e. The molecule has 0 aromatic heterocycles. The zero-order valence-electron chi connectivity index (χ0n) is 10.3. The Bertz CT molecular complexity index is 388. The van der Waals surface area contributed by atoms with E-state index in [9.17, 15) is 4.79 Å². The van der Waals surface area contributed by atoms with E-state index < -0.39 is 0 Å². The molecule has 0 saturated heterocycles. The van der Waals surface area contributed by atoms with Crippen LogP contribution in [0.1, 0.15) is 37.6 Å². The van der Waals surface area contributed by atoms with Crippen molar-refractivity contribution in [3.63, 3.8) is 0 Å². The Balaban J connectivity index is 2.76. The molecule has 2 unspecified atom stereocenters. The largest absolute Gasteiger partial charge is 0.349 e. The first kappa shape index (κ1) is 14.5. The summed E-state index contributed by atoms with van der Waals surface area (Å²) in [6.07, 6.45) is 1.04. The minimum Gasteiger partial charge on any atom is -0.349 e. The van der Waals surface area contributed by atoms with Crippen LogP contribution in [0, 0.1) is 5.92 Å². The molecule has 1 amide bonds. The van der Waals surface area contributed by atoms with Gasteiger partial charge < -0.3 is 5.32 Å². The molecule has 17 heavy (non-hydrogen) atoms. The maximum atomic E-state index is 12.0. The third-order valence-corrected chi connectivity index (χ3v) is 3.66. The summed E-state index contributed by atoms with van der Waals surface area (Å²) in [6, 6.07) is 5.36. The number of amides is 1. The first-order chi connectivity index (χ1) is 7.93. The van der Waals surface area contributed by atoms with Gasteiger partial charge in [0.2, 0.25) is 0 Å². The van der Waals surface area contributed by atoms with Crippen molar-refractivity contribution in [1.29, 1.82) is 0 Å². The number of carbonyl (C=O) groups is 1. The summed E-state index contributed by atoms with van der Waals surface area (Å²) >= 11 is 9.24. The van der Waals surface area contributed by atoms with Crippen LogP contribution in [-0.2, 0) is 0 Å². The molecule has 0 spiro atoms. The Morgan fingerprint density at radius 3 is 2.59 bits per heavy atom. The number of rotatable bonds is 4. The molecule has 1 aromatic carbocycles. The number of hydrogen-bond acceptors (Lipinski definition) is 1. The molecule has 1 aromatic rings. The zero-order valence-corrected chi connectivity index (χ0v) is 12.6. The first-order valence-electron chi connectivity index (χ1n) is 5.71. The highest BCUT2D eigenvalue weighted by Gasteiger charge is 2.14. The number of halogens is 2. The normalized spacial score (nSPS) is 14.2. The lowest BCUT2D eigenvalue weighted by Crippen LogP contribution is -2.36. The van der Waals surface area contributed by atoms with Crippen LogP contribution < -0.4 is 5.32 Å². The van der Waals surface area contributed by atoms with Gasteiger partial charge in [0.1, 0.15) is 0 Å². The van der Waals surface area contributed by atoms with E-state index in [0.29, 0.717) is 16.5 Å². The van der Waals surface area contributed by atoms with Crippen molar-refractivity contribution in [2.24, 2.45) is 5.92 Å². The van der Waals surface area contributed by atoms with E-state index in [-0.39, 0.29) is 11.9 Å². The average molecular weight is 319 g/mol. The summed E-state index contributed by atoms with van der Waals surface area (Å²) in [5.41, 5.74) is 0.583. The fourth-order valence-electron chi connectivity index (χ4n) is 1.47. The van der Waals surface area contributed by atoms with Gasteiger partial charge in [0.05, 0.1) is 0 Å². The van der Waals surface area contributed by atoms with E-state index in [1.54, 1.807) is 18.2 Å². The molecule has 0 aliphatic carbocycles. The molecule has 2 atom stereocenters. The van der Waals surface area contributed by atoms with Gasteiger partial charge in [-0.25, -0.2) is 0 Å². The van der Waals surface area contributed by atoms with E-state index in [1.165, 1.54) is 0 Å². The van der Waals surface area contributed by atoms with Crippen LogP contribution in [0.15, 0.2) is 22.7 Å². The molecule has 0 bridgehead atoms. The second-order valence-corrected chi connectivity index (χ2v) is 5.66. The molecule has 4 heteroatoms. The molecule has 2 nitrogen and oxygen atoms in total. The second kappa shape index (κ2) is 6.41. The van der Waals surface area contributed by atoms with Crippen molar-refractivity contribution in [1.82, 2.24) is 5.32 Å². The molecule has 0 aliphatic heterocycles. The molecule has 0 radical (unpaired) electrons. The summed E-state index contributed by atoms with van der Waals surface area (Å²) in [6.45, 7) is 6.26. The lowest BCUT2D eigenvalue weighted by molar-refractivity contribution is 0.0928. The van der Waals surface area contributed by atoms with Crippen LogP contribution in [0.4, 0.5) is 0 Å². The second-order valence-electron chi connectivity index (χ2n) is 4.31. The van der Waals surface area contributed by atoms with Crippen molar-refractivity contribution < 1.29 is 4.79 Å². The quantitative estimate of drug-likeness (QED) is 0.882. The van der Waals surface area contributed by atoms with Crippen molar-refractivity contribution in [3.05, 3.63) is 33.3 Å². The van der Waals surface area contributed by atoms with Gasteiger partial charge in [0, 0.05) is 21.1 Å². The maximum absolute atomic E-state index is 12.0. The van der Waals surface area contributed by atoms with E-state index in [2.05, 4.69) is 35.1 Å². The summed E-state index contributed by atoms with van der Waals surface area (Å²) in [5, 5.41) is 3.54. The molecule has 0 aliphatic rings. The third-order valence-electron chi connectivity index (χ3n) is 2.98. The molecule has 0 heterocycles. The summed E-state index contributed by atoms with van der Waals surface area (Å²) in [7, 11) is 0. The van der Waals surface area contributed by atoms with E-state index in [1.807, 2.05) is 6.92 Å². The van der Waals surface area contributed by atoms with Gasteiger partial charge in [-0.1, -0.05) is 47.8 Å². The van der Waals surface area contributed by atoms with Gasteiger partial charge in [-0.3, -0.25) is 4.79 Å². The molecule has 1 N–H and O–H groups in total.